The Morgan fingerprint density at radius 3 is 2.51 bits per heavy atom. The average molecular weight is 526 g/mol. The monoisotopic (exact) mass is 525 g/mol. The molecular formula is C30H39NO5S. The molecule has 2 heterocycles. The average Bonchev–Trinajstić information content (AvgIpc) is 3.21. The molecule has 1 atom stereocenters. The summed E-state index contributed by atoms with van der Waals surface area (Å²) in [5.41, 5.74) is 3.33. The van der Waals surface area contributed by atoms with Crippen LogP contribution in [0.15, 0.2) is 48.5 Å². The minimum Gasteiger partial charge on any atom is -0.461 e. The highest BCUT2D eigenvalue weighted by molar-refractivity contribution is 8.32. The Balaban J connectivity index is 1.77. The van der Waals surface area contributed by atoms with Crippen molar-refractivity contribution in [2.75, 3.05) is 44.3 Å². The van der Waals surface area contributed by atoms with Crippen LogP contribution in [0.4, 0.5) is 0 Å². The quantitative estimate of drug-likeness (QED) is 0.322. The smallest absolute Gasteiger partial charge is 0.355 e. The van der Waals surface area contributed by atoms with Gasteiger partial charge in [0.15, 0.2) is 0 Å². The van der Waals surface area contributed by atoms with Gasteiger partial charge in [-0.25, -0.2) is 19.6 Å². The lowest BCUT2D eigenvalue weighted by molar-refractivity contribution is -0.0592. The van der Waals surface area contributed by atoms with Crippen LogP contribution >= 0.6 is 10.0 Å². The van der Waals surface area contributed by atoms with Crippen LogP contribution in [0.25, 0.3) is 16.6 Å². The molecule has 2 aromatic carbocycles. The Hall–Kier alpha value is -2.77. The van der Waals surface area contributed by atoms with E-state index in [-0.39, 0.29) is 12.2 Å². The number of carbonyl (C=O) groups is 2. The maximum Gasteiger partial charge on any atom is 0.355 e. The van der Waals surface area contributed by atoms with Crippen molar-refractivity contribution in [3.63, 3.8) is 0 Å². The second-order valence-corrected chi connectivity index (χ2v) is 15.7. The molecule has 0 radical (unpaired) electrons. The molecule has 0 saturated carbocycles. The number of para-hydroxylation sites is 1. The lowest BCUT2D eigenvalue weighted by Gasteiger charge is -2.35. The van der Waals surface area contributed by atoms with Gasteiger partial charge in [-0.15, -0.1) is 0 Å². The summed E-state index contributed by atoms with van der Waals surface area (Å²) >= 11 is 0. The maximum absolute atomic E-state index is 13.2. The van der Waals surface area contributed by atoms with Gasteiger partial charge >= 0.3 is 11.9 Å². The fourth-order valence-electron chi connectivity index (χ4n) is 4.92. The van der Waals surface area contributed by atoms with Gasteiger partial charge in [-0.05, 0) is 94.2 Å². The highest BCUT2D eigenvalue weighted by Crippen LogP contribution is 2.38. The van der Waals surface area contributed by atoms with E-state index in [0.29, 0.717) is 29.5 Å². The molecule has 6 nitrogen and oxygen atoms in total. The first kappa shape index (κ1) is 27.3. The number of esters is 2. The van der Waals surface area contributed by atoms with Crippen LogP contribution in [0.5, 0.6) is 0 Å². The van der Waals surface area contributed by atoms with Crippen LogP contribution in [-0.2, 0) is 14.2 Å². The summed E-state index contributed by atoms with van der Waals surface area (Å²) in [4.78, 5) is 26.2. The molecule has 3 aromatic rings. The Morgan fingerprint density at radius 2 is 1.81 bits per heavy atom. The van der Waals surface area contributed by atoms with Gasteiger partial charge in [0.1, 0.15) is 5.69 Å². The van der Waals surface area contributed by atoms with E-state index in [4.69, 9.17) is 14.2 Å². The van der Waals surface area contributed by atoms with Crippen LogP contribution in [0, 0.1) is 0 Å². The van der Waals surface area contributed by atoms with Crippen LogP contribution in [0.3, 0.4) is 0 Å². The summed E-state index contributed by atoms with van der Waals surface area (Å²) < 4.78 is 18.8. The van der Waals surface area contributed by atoms with E-state index in [2.05, 4.69) is 44.7 Å². The van der Waals surface area contributed by atoms with E-state index in [0.717, 1.165) is 36.1 Å². The molecule has 1 aliphatic heterocycles. The van der Waals surface area contributed by atoms with Crippen molar-refractivity contribution in [1.82, 2.24) is 4.57 Å². The number of ether oxygens (including phenoxy) is 3. The third-order valence-corrected chi connectivity index (χ3v) is 8.16. The number of fused-ring (bicyclic) bond motifs is 1. The number of aromatic nitrogens is 1. The summed E-state index contributed by atoms with van der Waals surface area (Å²) in [5, 5.41) is 0.935. The Labute approximate surface area is 221 Å². The first-order valence-electron chi connectivity index (χ1n) is 12.9. The molecular weight excluding hydrogens is 486 g/mol. The third kappa shape index (κ3) is 6.39. The largest absolute Gasteiger partial charge is 0.461 e. The lowest BCUT2D eigenvalue weighted by atomic mass is 9.83. The molecule has 1 fully saturated rings. The van der Waals surface area contributed by atoms with E-state index < -0.39 is 22.0 Å². The maximum atomic E-state index is 13.2. The highest BCUT2D eigenvalue weighted by Gasteiger charge is 2.30. The van der Waals surface area contributed by atoms with Crippen molar-refractivity contribution >= 4 is 32.9 Å². The Bertz CT molecular complexity index is 1290. The molecule has 1 aromatic heterocycles. The number of hydrogen-bond acceptors (Lipinski definition) is 5. The van der Waals surface area contributed by atoms with Crippen molar-refractivity contribution in [2.24, 2.45) is 0 Å². The fourth-order valence-corrected chi connectivity index (χ4v) is 5.51. The van der Waals surface area contributed by atoms with E-state index in [1.165, 1.54) is 5.56 Å². The molecule has 0 aliphatic carbocycles. The molecule has 0 bridgehead atoms. The first-order valence-corrected chi connectivity index (χ1v) is 15.9. The van der Waals surface area contributed by atoms with Crippen LogP contribution in [0.1, 0.15) is 65.9 Å². The summed E-state index contributed by atoms with van der Waals surface area (Å²) in [6.07, 6.45) is 8.49. The molecule has 200 valence electrons. The van der Waals surface area contributed by atoms with Gasteiger partial charge in [-0.2, -0.15) is 0 Å². The number of rotatable bonds is 8. The molecule has 1 saturated heterocycles. The topological polar surface area (TPSA) is 66.8 Å². The van der Waals surface area contributed by atoms with Gasteiger partial charge in [-0.3, -0.25) is 0 Å². The molecule has 1 unspecified atom stereocenters. The van der Waals surface area contributed by atoms with Crippen molar-refractivity contribution in [3.05, 3.63) is 65.4 Å². The van der Waals surface area contributed by atoms with E-state index in [1.54, 1.807) is 13.0 Å². The van der Waals surface area contributed by atoms with Crippen molar-refractivity contribution in [1.29, 1.82) is 0 Å². The standard InChI is InChI=1S/C30H39NO5S/c1-7-34-29(33)27-19-23-18-21(22-14-15-36-30(2,3)20-22)12-13-25(23)31(27)26-11-9-8-10-24(26)28(32)35-16-17-37(4,5)6/h8-13,18-19,22H,7,14-17,20H2,1-6H3. The van der Waals surface area contributed by atoms with Gasteiger partial charge in [0.2, 0.25) is 0 Å². The SMILES string of the molecule is CCOC(=O)c1cc2cc(C3CCOC(C)(C)C3)ccc2n1-c1ccccc1C(=O)OCCS(C)(C)C. The van der Waals surface area contributed by atoms with E-state index >= 15 is 0 Å². The predicted octanol–water partition coefficient (Wildman–Crippen LogP) is 6.33. The van der Waals surface area contributed by atoms with Crippen molar-refractivity contribution in [3.8, 4) is 5.69 Å². The third-order valence-electron chi connectivity index (χ3n) is 6.77. The molecule has 37 heavy (non-hydrogen) atoms. The zero-order valence-corrected chi connectivity index (χ0v) is 23.7. The van der Waals surface area contributed by atoms with Gasteiger partial charge in [0.05, 0.1) is 35.6 Å². The predicted molar refractivity (Wildman–Crippen MR) is 152 cm³/mol. The molecule has 4 rings (SSSR count). The van der Waals surface area contributed by atoms with Gasteiger partial charge in [0.25, 0.3) is 0 Å². The van der Waals surface area contributed by atoms with Crippen LogP contribution in [-0.4, -0.2) is 66.4 Å². The summed E-state index contributed by atoms with van der Waals surface area (Å²) in [6.45, 7) is 7.42. The Kier molecular flexibility index (Phi) is 8.05. The van der Waals surface area contributed by atoms with Gasteiger partial charge in [0, 0.05) is 17.7 Å². The lowest BCUT2D eigenvalue weighted by Crippen LogP contribution is -2.32. The molecule has 0 amide bonds. The van der Waals surface area contributed by atoms with Crippen molar-refractivity contribution in [2.45, 2.75) is 45.1 Å². The number of carbonyl (C=O) groups excluding carboxylic acids is 2. The normalized spacial score (nSPS) is 17.9. The zero-order chi connectivity index (χ0) is 26.8. The zero-order valence-electron chi connectivity index (χ0n) is 22.8. The minimum atomic E-state index is -0.781. The summed E-state index contributed by atoms with van der Waals surface area (Å²) in [6, 6.07) is 15.5. The summed E-state index contributed by atoms with van der Waals surface area (Å²) in [7, 11) is -0.781. The first-order chi connectivity index (χ1) is 17.5. The van der Waals surface area contributed by atoms with Crippen LogP contribution in [0.2, 0.25) is 0 Å². The van der Waals surface area contributed by atoms with E-state index in [1.807, 2.05) is 34.9 Å². The summed E-state index contributed by atoms with van der Waals surface area (Å²) in [5.74, 6) is 0.409. The van der Waals surface area contributed by atoms with Gasteiger partial charge < -0.3 is 18.8 Å². The number of nitrogens with zero attached hydrogens (tertiary/aromatic N) is 1. The van der Waals surface area contributed by atoms with Crippen LogP contribution < -0.4 is 0 Å². The van der Waals surface area contributed by atoms with Gasteiger partial charge in [-0.1, -0.05) is 18.2 Å². The fraction of sp³-hybridized carbons (Fsp3) is 0.467. The highest BCUT2D eigenvalue weighted by atomic mass is 32.3. The molecule has 1 aliphatic rings. The number of hydrogen-bond donors (Lipinski definition) is 0. The second-order valence-electron chi connectivity index (χ2n) is 11.1. The van der Waals surface area contributed by atoms with E-state index in [9.17, 15) is 9.59 Å². The second kappa shape index (κ2) is 10.9. The number of benzene rings is 2. The Morgan fingerprint density at radius 1 is 1.05 bits per heavy atom. The van der Waals surface area contributed by atoms with Crippen molar-refractivity contribution < 1.29 is 23.8 Å². The minimum absolute atomic E-state index is 0.159. The molecule has 0 spiro atoms. The molecule has 7 heteroatoms. The molecule has 0 N–H and O–H groups in total.